The molecule has 3 nitrogen and oxygen atoms in total. The third kappa shape index (κ3) is 2.43. The SMILES string of the molecule is CC(C)c1nn(-c2cc(F)c(F)cc2F)c(N)c1I. The largest absolute Gasteiger partial charge is 0.383 e. The highest BCUT2D eigenvalue weighted by atomic mass is 127. The third-order valence-corrected chi connectivity index (χ3v) is 3.76. The molecule has 0 spiro atoms. The van der Waals surface area contributed by atoms with Crippen LogP contribution < -0.4 is 5.73 Å². The molecule has 0 saturated heterocycles. The predicted octanol–water partition coefficient (Wildman–Crippen LogP) is 3.60. The summed E-state index contributed by atoms with van der Waals surface area (Å²) in [5, 5.41) is 4.17. The van der Waals surface area contributed by atoms with Crippen molar-refractivity contribution in [3.63, 3.8) is 0 Å². The number of nitrogen functional groups attached to an aromatic ring is 1. The summed E-state index contributed by atoms with van der Waals surface area (Å²) in [5.41, 5.74) is 6.32. The average molecular weight is 381 g/mol. The first-order valence-electron chi connectivity index (χ1n) is 5.51. The van der Waals surface area contributed by atoms with E-state index in [-0.39, 0.29) is 17.4 Å². The molecule has 19 heavy (non-hydrogen) atoms. The molecule has 2 aromatic rings. The number of benzene rings is 1. The van der Waals surface area contributed by atoms with E-state index in [4.69, 9.17) is 5.73 Å². The van der Waals surface area contributed by atoms with E-state index in [1.807, 2.05) is 36.4 Å². The molecular weight excluding hydrogens is 370 g/mol. The van der Waals surface area contributed by atoms with Gasteiger partial charge in [-0.2, -0.15) is 5.10 Å². The van der Waals surface area contributed by atoms with Crippen molar-refractivity contribution < 1.29 is 13.2 Å². The molecule has 0 aliphatic heterocycles. The zero-order valence-electron chi connectivity index (χ0n) is 10.2. The Morgan fingerprint density at radius 3 is 2.26 bits per heavy atom. The molecule has 1 aromatic carbocycles. The van der Waals surface area contributed by atoms with Gasteiger partial charge in [0.05, 0.1) is 9.26 Å². The topological polar surface area (TPSA) is 43.8 Å². The van der Waals surface area contributed by atoms with E-state index in [1.165, 1.54) is 0 Å². The van der Waals surface area contributed by atoms with Gasteiger partial charge in [-0.05, 0) is 28.5 Å². The van der Waals surface area contributed by atoms with Gasteiger partial charge in [-0.1, -0.05) is 13.8 Å². The second kappa shape index (κ2) is 5.03. The Morgan fingerprint density at radius 2 is 1.74 bits per heavy atom. The minimum atomic E-state index is -1.24. The number of halogens is 4. The molecule has 1 heterocycles. The van der Waals surface area contributed by atoms with Crippen LogP contribution >= 0.6 is 22.6 Å². The highest BCUT2D eigenvalue weighted by Crippen LogP contribution is 2.29. The quantitative estimate of drug-likeness (QED) is 0.638. The van der Waals surface area contributed by atoms with Crippen LogP contribution in [0.2, 0.25) is 0 Å². The standard InChI is InChI=1S/C12H11F3IN3/c1-5(2)11-10(16)12(17)19(18-11)9-4-7(14)6(13)3-8(9)15/h3-5H,17H2,1-2H3. The average Bonchev–Trinajstić information content (AvgIpc) is 2.62. The molecule has 2 rings (SSSR count). The van der Waals surface area contributed by atoms with Crippen LogP contribution in [0.3, 0.4) is 0 Å². The second-order valence-electron chi connectivity index (χ2n) is 4.37. The smallest absolute Gasteiger partial charge is 0.161 e. The summed E-state index contributed by atoms with van der Waals surface area (Å²) in [5.74, 6) is -3.02. The molecule has 0 atom stereocenters. The van der Waals surface area contributed by atoms with Crippen molar-refractivity contribution in [1.82, 2.24) is 9.78 Å². The summed E-state index contributed by atoms with van der Waals surface area (Å²) < 4.78 is 41.6. The van der Waals surface area contributed by atoms with E-state index in [0.29, 0.717) is 15.3 Å². The van der Waals surface area contributed by atoms with Crippen molar-refractivity contribution in [2.75, 3.05) is 5.73 Å². The van der Waals surface area contributed by atoms with Gasteiger partial charge in [0.2, 0.25) is 0 Å². The van der Waals surface area contributed by atoms with Gasteiger partial charge in [0, 0.05) is 12.1 Å². The number of anilines is 1. The zero-order chi connectivity index (χ0) is 14.3. The molecule has 0 fully saturated rings. The first-order chi connectivity index (χ1) is 8.82. The van der Waals surface area contributed by atoms with Crippen LogP contribution in [0.1, 0.15) is 25.5 Å². The number of hydrogen-bond donors (Lipinski definition) is 1. The first-order valence-corrected chi connectivity index (χ1v) is 6.59. The molecule has 0 unspecified atom stereocenters. The number of nitrogens with zero attached hydrogens (tertiary/aromatic N) is 2. The van der Waals surface area contributed by atoms with Crippen molar-refractivity contribution in [2.45, 2.75) is 19.8 Å². The fourth-order valence-corrected chi connectivity index (χ4v) is 2.62. The summed E-state index contributed by atoms with van der Waals surface area (Å²) in [6.07, 6.45) is 0. The molecule has 1 aromatic heterocycles. The van der Waals surface area contributed by atoms with E-state index >= 15 is 0 Å². The van der Waals surface area contributed by atoms with Crippen LogP contribution in [0, 0.1) is 21.0 Å². The molecule has 0 radical (unpaired) electrons. The molecule has 0 saturated carbocycles. The summed E-state index contributed by atoms with van der Waals surface area (Å²) in [4.78, 5) is 0. The normalized spacial score (nSPS) is 11.3. The van der Waals surface area contributed by atoms with Gasteiger partial charge < -0.3 is 5.73 Å². The number of rotatable bonds is 2. The Balaban J connectivity index is 2.66. The van der Waals surface area contributed by atoms with Crippen molar-refractivity contribution in [1.29, 1.82) is 0 Å². The summed E-state index contributed by atoms with van der Waals surface area (Å²) in [6, 6.07) is 1.22. The first kappa shape index (κ1) is 14.2. The Kier molecular flexibility index (Phi) is 3.75. The van der Waals surface area contributed by atoms with Crippen LogP contribution in [0.5, 0.6) is 0 Å². The van der Waals surface area contributed by atoms with Crippen molar-refractivity contribution in [3.8, 4) is 5.69 Å². The summed E-state index contributed by atoms with van der Waals surface area (Å²) in [7, 11) is 0. The maximum Gasteiger partial charge on any atom is 0.161 e. The van der Waals surface area contributed by atoms with Crippen molar-refractivity contribution in [3.05, 3.63) is 38.8 Å². The van der Waals surface area contributed by atoms with Crippen molar-refractivity contribution >= 4 is 28.4 Å². The zero-order valence-corrected chi connectivity index (χ0v) is 12.4. The number of nitrogens with two attached hydrogens (primary N) is 1. The lowest BCUT2D eigenvalue weighted by Gasteiger charge is -2.06. The molecule has 2 N–H and O–H groups in total. The predicted molar refractivity (Wildman–Crippen MR) is 74.7 cm³/mol. The fourth-order valence-electron chi connectivity index (χ4n) is 1.66. The van der Waals surface area contributed by atoms with Crippen LogP contribution in [0.4, 0.5) is 19.0 Å². The second-order valence-corrected chi connectivity index (χ2v) is 5.45. The monoisotopic (exact) mass is 381 g/mol. The minimum Gasteiger partial charge on any atom is -0.383 e. The maximum absolute atomic E-state index is 13.7. The Bertz CT molecular complexity index is 638. The summed E-state index contributed by atoms with van der Waals surface area (Å²) in [6.45, 7) is 3.83. The lowest BCUT2D eigenvalue weighted by Crippen LogP contribution is -2.06. The van der Waals surface area contributed by atoms with Gasteiger partial charge in [-0.25, -0.2) is 17.9 Å². The maximum atomic E-state index is 13.7. The van der Waals surface area contributed by atoms with Gasteiger partial charge in [0.1, 0.15) is 11.5 Å². The van der Waals surface area contributed by atoms with Crippen molar-refractivity contribution in [2.24, 2.45) is 0 Å². The van der Waals surface area contributed by atoms with Gasteiger partial charge >= 0.3 is 0 Å². The molecule has 0 bridgehead atoms. The van der Waals surface area contributed by atoms with Crippen LogP contribution in [0.25, 0.3) is 5.69 Å². The molecule has 102 valence electrons. The van der Waals surface area contributed by atoms with Gasteiger partial charge in [-0.3, -0.25) is 0 Å². The third-order valence-electron chi connectivity index (χ3n) is 2.65. The van der Waals surface area contributed by atoms with E-state index in [0.717, 1.165) is 10.7 Å². The number of hydrogen-bond acceptors (Lipinski definition) is 2. The molecule has 0 aliphatic carbocycles. The number of aromatic nitrogens is 2. The van der Waals surface area contributed by atoms with E-state index in [9.17, 15) is 13.2 Å². The lowest BCUT2D eigenvalue weighted by molar-refractivity contribution is 0.491. The summed E-state index contributed by atoms with van der Waals surface area (Å²) >= 11 is 2.00. The van der Waals surface area contributed by atoms with Crippen LogP contribution in [-0.4, -0.2) is 9.78 Å². The lowest BCUT2D eigenvalue weighted by atomic mass is 10.1. The van der Waals surface area contributed by atoms with E-state index in [1.54, 1.807) is 0 Å². The molecule has 7 heteroatoms. The van der Waals surface area contributed by atoms with E-state index in [2.05, 4.69) is 5.10 Å². The molecule has 0 aliphatic rings. The highest BCUT2D eigenvalue weighted by Gasteiger charge is 2.20. The Morgan fingerprint density at radius 1 is 1.16 bits per heavy atom. The molecular formula is C12H11F3IN3. The van der Waals surface area contributed by atoms with Crippen LogP contribution in [-0.2, 0) is 0 Å². The van der Waals surface area contributed by atoms with Gasteiger partial charge in [-0.15, -0.1) is 0 Å². The van der Waals surface area contributed by atoms with Crippen LogP contribution in [0.15, 0.2) is 12.1 Å². The van der Waals surface area contributed by atoms with E-state index < -0.39 is 17.5 Å². The van der Waals surface area contributed by atoms with Gasteiger partial charge in [0.25, 0.3) is 0 Å². The minimum absolute atomic E-state index is 0.0869. The van der Waals surface area contributed by atoms with Gasteiger partial charge in [0.15, 0.2) is 17.5 Å². The Labute approximate surface area is 121 Å². The fraction of sp³-hybridized carbons (Fsp3) is 0.250. The molecule has 0 amide bonds. The Hall–Kier alpha value is -1.25. The highest BCUT2D eigenvalue weighted by molar-refractivity contribution is 14.1.